The lowest BCUT2D eigenvalue weighted by molar-refractivity contribution is 0.246. The zero-order valence-electron chi connectivity index (χ0n) is 28.1. The van der Waals surface area contributed by atoms with Crippen molar-refractivity contribution in [1.82, 2.24) is 0 Å². The van der Waals surface area contributed by atoms with Crippen molar-refractivity contribution in [1.29, 1.82) is 0 Å². The quantitative estimate of drug-likeness (QED) is 0.0659. The third-order valence-electron chi connectivity index (χ3n) is 8.30. The number of hydrogen-bond donors (Lipinski definition) is 1. The van der Waals surface area contributed by atoms with Gasteiger partial charge in [0, 0.05) is 24.2 Å². The Balaban J connectivity index is 0.000000246. The van der Waals surface area contributed by atoms with Gasteiger partial charge in [0.2, 0.25) is 0 Å². The van der Waals surface area contributed by atoms with Gasteiger partial charge in [-0.25, -0.2) is 0 Å². The van der Waals surface area contributed by atoms with Gasteiger partial charge in [-0.15, -0.1) is 0 Å². The number of halogens is 1. The van der Waals surface area contributed by atoms with Crippen LogP contribution in [0.1, 0.15) is 60.8 Å². The molecule has 3 nitrogen and oxygen atoms in total. The maximum absolute atomic E-state index is 9.05. The van der Waals surface area contributed by atoms with E-state index in [1.807, 2.05) is 0 Å². The number of alkyl halides is 1. The van der Waals surface area contributed by atoms with Crippen LogP contribution < -0.4 is 20.7 Å². The summed E-state index contributed by atoms with van der Waals surface area (Å²) >= 11 is 2.42. The van der Waals surface area contributed by atoms with Crippen LogP contribution in [0.25, 0.3) is 0 Å². The van der Waals surface area contributed by atoms with Crippen LogP contribution in [0, 0.1) is 0 Å². The Kier molecular flexibility index (Phi) is 14.7. The molecule has 0 heterocycles. The molecule has 0 atom stereocenters. The average Bonchev–Trinajstić information content (AvgIpc) is 3.04. The molecule has 1 N–H and O–H groups in total. The Labute approximate surface area is 288 Å². The zero-order valence-corrected chi connectivity index (χ0v) is 32.3. The first-order valence-corrected chi connectivity index (χ1v) is 21.6. The molecule has 0 aromatic heterocycles. The Hall–Kier alpha value is -2.08. The molecule has 45 heavy (non-hydrogen) atoms. The van der Waals surface area contributed by atoms with Crippen molar-refractivity contribution in [3.63, 3.8) is 0 Å². The summed E-state index contributed by atoms with van der Waals surface area (Å²) in [6.45, 7) is 15.6. The second kappa shape index (κ2) is 17.7. The lowest BCUT2D eigenvalue weighted by atomic mass is 10.2. The molecule has 242 valence electrons. The molecule has 0 amide bonds. The number of rotatable bonds is 13. The van der Waals surface area contributed by atoms with Crippen LogP contribution in [0.15, 0.2) is 121 Å². The van der Waals surface area contributed by atoms with E-state index < -0.39 is 16.6 Å². The molecule has 6 heteroatoms. The van der Waals surface area contributed by atoms with Crippen LogP contribution in [0.2, 0.25) is 10.1 Å². The lowest BCUT2D eigenvalue weighted by Gasteiger charge is -2.43. The van der Waals surface area contributed by atoms with Gasteiger partial charge in [0.1, 0.15) is 0 Å². The normalized spacial score (nSPS) is 12.4. The Morgan fingerprint density at radius 3 is 1.02 bits per heavy atom. The predicted octanol–water partition coefficient (Wildman–Crippen LogP) is 7.72. The molecule has 4 aromatic rings. The van der Waals surface area contributed by atoms with Crippen molar-refractivity contribution in [2.75, 3.05) is 24.2 Å². The number of aliphatic hydroxyl groups is 1. The summed E-state index contributed by atoms with van der Waals surface area (Å²) in [4.78, 5) is 0. The highest BCUT2D eigenvalue weighted by Crippen LogP contribution is 2.38. The molecule has 0 aliphatic heterocycles. The first-order valence-electron chi connectivity index (χ1n) is 16.2. The monoisotopic (exact) mass is 752 g/mol. The second-order valence-electron chi connectivity index (χ2n) is 13.5. The standard InChI is InChI=1S/C20H28O2Si.C19H25IOSi/c1-20(2,3)23(22-17-11-10-16-21,18-12-6-4-7-13-18)19-14-8-5-9-15-19;1-19(2,3)22(21-16-10-15-20,17-11-6-4-7-12-17)18-13-8-5-9-14-18/h4-9,12-15,21H,10-11,16-17H2,1-3H3;4-9,11-14H,10,15-16H2,1-3H3. The Morgan fingerprint density at radius 2 is 0.778 bits per heavy atom. The second-order valence-corrected chi connectivity index (χ2v) is 23.2. The summed E-state index contributed by atoms with van der Waals surface area (Å²) < 4.78 is 14.6. The molecule has 4 aromatic carbocycles. The topological polar surface area (TPSA) is 38.7 Å². The minimum Gasteiger partial charge on any atom is -0.407 e. The molecule has 0 aliphatic rings. The van der Waals surface area contributed by atoms with E-state index in [0.717, 1.165) is 30.3 Å². The van der Waals surface area contributed by atoms with Gasteiger partial charge in [0.05, 0.1) is 0 Å². The maximum atomic E-state index is 9.05. The summed E-state index contributed by atoms with van der Waals surface area (Å²) in [6.07, 6.45) is 2.78. The van der Waals surface area contributed by atoms with Crippen molar-refractivity contribution in [2.45, 2.75) is 70.9 Å². The molecular formula is C39H53IO3Si2. The third kappa shape index (κ3) is 9.27. The van der Waals surface area contributed by atoms with Crippen molar-refractivity contribution in [3.05, 3.63) is 121 Å². The molecule has 0 unspecified atom stereocenters. The van der Waals surface area contributed by atoms with Crippen LogP contribution in [-0.2, 0) is 8.85 Å². The Bertz CT molecular complexity index is 1280. The SMILES string of the molecule is CC(C)(C)[Si](OCCCCO)(c1ccccc1)c1ccccc1.CC(C)(C)[Si](OCCCI)(c1ccccc1)c1ccccc1. The highest BCUT2D eigenvalue weighted by atomic mass is 127. The van der Waals surface area contributed by atoms with Crippen LogP contribution >= 0.6 is 22.6 Å². The van der Waals surface area contributed by atoms with E-state index in [2.05, 4.69) is 185 Å². The van der Waals surface area contributed by atoms with Crippen LogP contribution in [0.4, 0.5) is 0 Å². The molecule has 0 fully saturated rings. The van der Waals surface area contributed by atoms with E-state index in [1.54, 1.807) is 0 Å². The summed E-state index contributed by atoms with van der Waals surface area (Å²) in [5, 5.41) is 14.5. The van der Waals surface area contributed by atoms with Gasteiger partial charge in [-0.2, -0.15) is 0 Å². The minimum absolute atomic E-state index is 0.0227. The number of unbranched alkanes of at least 4 members (excludes halogenated alkanes) is 1. The molecule has 0 saturated heterocycles. The van der Waals surface area contributed by atoms with Crippen LogP contribution in [0.3, 0.4) is 0 Å². The molecule has 0 radical (unpaired) electrons. The van der Waals surface area contributed by atoms with E-state index in [1.165, 1.54) is 20.7 Å². The van der Waals surface area contributed by atoms with Crippen LogP contribution in [0.5, 0.6) is 0 Å². The zero-order chi connectivity index (χ0) is 32.8. The average molecular weight is 753 g/mol. The predicted molar refractivity (Wildman–Crippen MR) is 207 cm³/mol. The van der Waals surface area contributed by atoms with Crippen molar-refractivity contribution < 1.29 is 14.0 Å². The van der Waals surface area contributed by atoms with Gasteiger partial charge in [-0.1, -0.05) is 185 Å². The van der Waals surface area contributed by atoms with Gasteiger partial charge in [-0.3, -0.25) is 0 Å². The van der Waals surface area contributed by atoms with E-state index in [4.69, 9.17) is 14.0 Å². The number of benzene rings is 4. The maximum Gasteiger partial charge on any atom is 0.261 e. The molecule has 0 spiro atoms. The van der Waals surface area contributed by atoms with Crippen molar-refractivity contribution in [2.24, 2.45) is 0 Å². The van der Waals surface area contributed by atoms with Crippen LogP contribution in [-0.4, -0.2) is 46.0 Å². The van der Waals surface area contributed by atoms with E-state index in [-0.39, 0.29) is 16.7 Å². The van der Waals surface area contributed by atoms with Crippen molar-refractivity contribution >= 4 is 60.0 Å². The first kappa shape index (κ1) is 37.4. The van der Waals surface area contributed by atoms with E-state index in [9.17, 15) is 0 Å². The third-order valence-corrected chi connectivity index (χ3v) is 19.1. The van der Waals surface area contributed by atoms with E-state index >= 15 is 0 Å². The van der Waals surface area contributed by atoms with Crippen molar-refractivity contribution in [3.8, 4) is 0 Å². The van der Waals surface area contributed by atoms with Gasteiger partial charge >= 0.3 is 0 Å². The fourth-order valence-electron chi connectivity index (χ4n) is 6.24. The molecule has 4 rings (SSSR count). The number of aliphatic hydroxyl groups excluding tert-OH is 1. The fourth-order valence-corrected chi connectivity index (χ4v) is 15.8. The first-order chi connectivity index (χ1) is 21.5. The largest absolute Gasteiger partial charge is 0.407 e. The number of hydrogen-bond acceptors (Lipinski definition) is 3. The smallest absolute Gasteiger partial charge is 0.261 e. The highest BCUT2D eigenvalue weighted by molar-refractivity contribution is 14.1. The van der Waals surface area contributed by atoms with E-state index in [0.29, 0.717) is 6.61 Å². The lowest BCUT2D eigenvalue weighted by Crippen LogP contribution is -2.66. The molecular weight excluding hydrogens is 700 g/mol. The van der Waals surface area contributed by atoms with Gasteiger partial charge in [-0.05, 0) is 50.1 Å². The molecule has 0 saturated carbocycles. The Morgan fingerprint density at radius 1 is 0.489 bits per heavy atom. The van der Waals surface area contributed by atoms with Gasteiger partial charge in [0.15, 0.2) is 0 Å². The molecule has 0 bridgehead atoms. The van der Waals surface area contributed by atoms with Gasteiger partial charge < -0.3 is 14.0 Å². The van der Waals surface area contributed by atoms with Gasteiger partial charge in [0.25, 0.3) is 16.6 Å². The summed E-state index contributed by atoms with van der Waals surface area (Å²) in [5.41, 5.74) is 0. The summed E-state index contributed by atoms with van der Waals surface area (Å²) in [5.74, 6) is 0. The summed E-state index contributed by atoms with van der Waals surface area (Å²) in [7, 11) is -4.67. The fraction of sp³-hybridized carbons (Fsp3) is 0.385. The summed E-state index contributed by atoms with van der Waals surface area (Å²) in [6, 6.07) is 43.0. The minimum atomic E-state index is -2.38. The highest BCUT2D eigenvalue weighted by Gasteiger charge is 2.51. The molecule has 0 aliphatic carbocycles.